The van der Waals surface area contributed by atoms with Gasteiger partial charge in [0.05, 0.1) is 5.69 Å². The summed E-state index contributed by atoms with van der Waals surface area (Å²) in [6, 6.07) is 12.4. The molecule has 0 saturated heterocycles. The molecule has 3 aliphatic rings. The van der Waals surface area contributed by atoms with Crippen molar-refractivity contribution < 1.29 is 9.47 Å². The van der Waals surface area contributed by atoms with E-state index < -0.39 is 0 Å². The van der Waals surface area contributed by atoms with E-state index in [-0.39, 0.29) is 43.3 Å². The molecule has 5 rings (SSSR count). The smallest absolute Gasteiger partial charge is 0.153 e. The topological polar surface area (TPSA) is 119 Å². The lowest BCUT2D eigenvalue weighted by Crippen LogP contribution is -2.33. The number of rotatable bonds is 8. The molecule has 2 aliphatic heterocycles. The number of aliphatic imine (C=N–C) groups is 1. The number of benzene rings is 2. The SMILES string of the molecule is CC1=C(N)Nc2cc(CNCC3CCCC(CNCc4ccc5c(c4)N=C(N)C(C)O5)C3)ccc2O1.Cl.Cl.Cl. The normalized spacial score (nSPS) is 21.3. The highest BCUT2D eigenvalue weighted by Gasteiger charge is 2.22. The van der Waals surface area contributed by atoms with Gasteiger partial charge in [-0.2, -0.15) is 0 Å². The Morgan fingerprint density at radius 2 is 1.54 bits per heavy atom. The number of anilines is 1. The lowest BCUT2D eigenvalue weighted by molar-refractivity contribution is 0.252. The Balaban J connectivity index is 0.00000178. The van der Waals surface area contributed by atoms with Gasteiger partial charge in [0.2, 0.25) is 0 Å². The number of nitrogens with zero attached hydrogens (tertiary/aromatic N) is 1. The molecule has 0 amide bonds. The van der Waals surface area contributed by atoms with Gasteiger partial charge < -0.3 is 36.9 Å². The van der Waals surface area contributed by atoms with Crippen molar-refractivity contribution in [2.24, 2.45) is 28.3 Å². The van der Waals surface area contributed by atoms with Crippen molar-refractivity contribution in [3.8, 4) is 11.5 Å². The van der Waals surface area contributed by atoms with Crippen molar-refractivity contribution in [2.45, 2.75) is 58.7 Å². The van der Waals surface area contributed by atoms with Gasteiger partial charge in [-0.25, -0.2) is 4.99 Å². The molecule has 0 radical (unpaired) electrons. The quantitative estimate of drug-likeness (QED) is 0.277. The minimum atomic E-state index is -0.166. The van der Waals surface area contributed by atoms with Crippen LogP contribution in [0.15, 0.2) is 53.0 Å². The molecular formula is C28H41Cl3N6O2. The second-order valence-corrected chi connectivity index (χ2v) is 10.3. The van der Waals surface area contributed by atoms with Crippen LogP contribution >= 0.6 is 37.2 Å². The lowest BCUT2D eigenvalue weighted by atomic mass is 9.81. The third kappa shape index (κ3) is 8.32. The largest absolute Gasteiger partial charge is 0.481 e. The van der Waals surface area contributed by atoms with Crippen LogP contribution in [-0.2, 0) is 13.1 Å². The van der Waals surface area contributed by atoms with E-state index >= 15 is 0 Å². The van der Waals surface area contributed by atoms with Crippen LogP contribution in [0.5, 0.6) is 11.5 Å². The number of hydrogen-bond donors (Lipinski definition) is 5. The fourth-order valence-electron chi connectivity index (χ4n) is 5.28. The van der Waals surface area contributed by atoms with Crippen molar-refractivity contribution in [3.05, 3.63) is 59.1 Å². The molecule has 1 saturated carbocycles. The Hall–Kier alpha value is -2.36. The second-order valence-electron chi connectivity index (χ2n) is 10.3. The first kappa shape index (κ1) is 32.8. The summed E-state index contributed by atoms with van der Waals surface area (Å²) in [6.45, 7) is 7.53. The van der Waals surface area contributed by atoms with Gasteiger partial charge in [0, 0.05) is 13.1 Å². The summed E-state index contributed by atoms with van der Waals surface area (Å²) in [4.78, 5) is 4.49. The maximum Gasteiger partial charge on any atom is 0.153 e. The highest BCUT2D eigenvalue weighted by Crippen LogP contribution is 2.34. The zero-order chi connectivity index (χ0) is 25.1. The van der Waals surface area contributed by atoms with E-state index in [9.17, 15) is 0 Å². The standard InChI is InChI=1S/C28H38N6O2.3ClH/c1-17-27(29)33-23-11-21(6-8-25(23)35-17)15-31-13-19-4-3-5-20(10-19)14-32-16-22-7-9-26-24(12-22)34-28(30)18(2)36-26;;;/h6-9,11-12,17,19-20,31-32,34H,3-5,10,13-16,30H2,1-2H3,(H2,29,33);3*1H. The molecular weight excluding hydrogens is 559 g/mol. The van der Waals surface area contributed by atoms with Crippen LogP contribution in [-0.4, -0.2) is 25.0 Å². The average Bonchev–Trinajstić information content (AvgIpc) is 2.86. The van der Waals surface area contributed by atoms with E-state index in [1.54, 1.807) is 0 Å². The number of ether oxygens (including phenoxy) is 2. The van der Waals surface area contributed by atoms with E-state index in [0.717, 1.165) is 49.1 Å². The minimum absolute atomic E-state index is 0. The molecule has 8 nitrogen and oxygen atoms in total. The van der Waals surface area contributed by atoms with Crippen LogP contribution in [0.4, 0.5) is 11.4 Å². The van der Waals surface area contributed by atoms with Crippen LogP contribution in [0.1, 0.15) is 50.7 Å². The Morgan fingerprint density at radius 3 is 2.21 bits per heavy atom. The van der Waals surface area contributed by atoms with E-state index in [2.05, 4.69) is 45.2 Å². The first-order chi connectivity index (χ1) is 17.4. The molecule has 0 spiro atoms. The van der Waals surface area contributed by atoms with Gasteiger partial charge in [-0.1, -0.05) is 18.6 Å². The molecule has 1 aliphatic carbocycles. The number of allylic oxidation sites excluding steroid dienone is 1. The van der Waals surface area contributed by atoms with Gasteiger partial charge in [-0.05, 0) is 93.4 Å². The van der Waals surface area contributed by atoms with Gasteiger partial charge in [-0.3, -0.25) is 0 Å². The summed E-state index contributed by atoms with van der Waals surface area (Å²) in [7, 11) is 0. The number of halogens is 3. The third-order valence-corrected chi connectivity index (χ3v) is 7.36. The van der Waals surface area contributed by atoms with Crippen molar-refractivity contribution in [1.82, 2.24) is 10.6 Å². The molecule has 1 fully saturated rings. The number of nitrogens with one attached hydrogen (secondary N) is 3. The molecule has 11 heteroatoms. The summed E-state index contributed by atoms with van der Waals surface area (Å²) in [5.74, 6) is 4.87. The van der Waals surface area contributed by atoms with Gasteiger partial charge >= 0.3 is 0 Å². The summed E-state index contributed by atoms with van der Waals surface area (Å²) in [5, 5.41) is 10.6. The summed E-state index contributed by atoms with van der Waals surface area (Å²) < 4.78 is 11.6. The molecule has 2 aromatic carbocycles. The fraction of sp³-hybridized carbons (Fsp3) is 0.464. The van der Waals surface area contributed by atoms with Crippen LogP contribution in [0.25, 0.3) is 0 Å². The van der Waals surface area contributed by atoms with Crippen LogP contribution in [0.2, 0.25) is 0 Å². The predicted octanol–water partition coefficient (Wildman–Crippen LogP) is 5.36. The van der Waals surface area contributed by atoms with Crippen LogP contribution in [0.3, 0.4) is 0 Å². The maximum atomic E-state index is 5.97. The zero-order valence-corrected chi connectivity index (χ0v) is 24.9. The Bertz CT molecular complexity index is 1180. The average molecular weight is 600 g/mol. The van der Waals surface area contributed by atoms with Gasteiger partial charge in [0.1, 0.15) is 28.9 Å². The summed E-state index contributed by atoms with van der Waals surface area (Å²) in [6.07, 6.45) is 4.99. The molecule has 0 bridgehead atoms. The summed E-state index contributed by atoms with van der Waals surface area (Å²) >= 11 is 0. The van der Waals surface area contributed by atoms with E-state index in [0.29, 0.717) is 29.3 Å². The number of hydrogen-bond acceptors (Lipinski definition) is 8. The van der Waals surface area contributed by atoms with Crippen molar-refractivity contribution in [2.75, 3.05) is 18.4 Å². The molecule has 216 valence electrons. The highest BCUT2D eigenvalue weighted by molar-refractivity contribution is 5.89. The molecule has 3 atom stereocenters. The number of amidine groups is 1. The third-order valence-electron chi connectivity index (χ3n) is 7.36. The van der Waals surface area contributed by atoms with Crippen LogP contribution < -0.4 is 36.9 Å². The first-order valence-corrected chi connectivity index (χ1v) is 13.0. The van der Waals surface area contributed by atoms with Crippen molar-refractivity contribution in [3.63, 3.8) is 0 Å². The summed E-state index contributed by atoms with van der Waals surface area (Å²) in [5.41, 5.74) is 16.1. The van der Waals surface area contributed by atoms with Crippen molar-refractivity contribution >= 4 is 54.4 Å². The van der Waals surface area contributed by atoms with Gasteiger partial charge in [0.25, 0.3) is 0 Å². The van der Waals surface area contributed by atoms with Crippen LogP contribution in [0, 0.1) is 11.8 Å². The maximum absolute atomic E-state index is 5.97. The predicted molar refractivity (Wildman–Crippen MR) is 166 cm³/mol. The monoisotopic (exact) mass is 598 g/mol. The Morgan fingerprint density at radius 1 is 0.923 bits per heavy atom. The molecule has 2 heterocycles. The van der Waals surface area contributed by atoms with Gasteiger partial charge in [0.15, 0.2) is 11.9 Å². The molecule has 39 heavy (non-hydrogen) atoms. The van der Waals surface area contributed by atoms with Gasteiger partial charge in [-0.15, -0.1) is 37.2 Å². The first-order valence-electron chi connectivity index (χ1n) is 13.0. The minimum Gasteiger partial charge on any atom is -0.481 e. The van der Waals surface area contributed by atoms with Crippen molar-refractivity contribution in [1.29, 1.82) is 0 Å². The second kappa shape index (κ2) is 14.9. The van der Waals surface area contributed by atoms with E-state index in [4.69, 9.17) is 20.9 Å². The lowest BCUT2D eigenvalue weighted by Gasteiger charge is -2.29. The highest BCUT2D eigenvalue weighted by atomic mass is 35.5. The number of fused-ring (bicyclic) bond motifs is 2. The fourth-order valence-corrected chi connectivity index (χ4v) is 5.28. The zero-order valence-electron chi connectivity index (χ0n) is 22.5. The molecule has 0 aromatic heterocycles. The Labute approximate surface area is 250 Å². The Kier molecular flexibility index (Phi) is 12.5. The van der Waals surface area contributed by atoms with E-state index in [1.807, 2.05) is 26.0 Å². The molecule has 2 aromatic rings. The number of nitrogens with two attached hydrogens (primary N) is 2. The van der Waals surface area contributed by atoms with E-state index in [1.165, 1.54) is 36.8 Å². The molecule has 7 N–H and O–H groups in total. The molecule has 3 unspecified atom stereocenters.